The molecule has 2 heterocycles. The first-order valence-electron chi connectivity index (χ1n) is 8.76. The zero-order chi connectivity index (χ0) is 17.6. The van der Waals surface area contributed by atoms with Crippen LogP contribution in [0, 0.1) is 0 Å². The maximum atomic E-state index is 5.25. The summed E-state index contributed by atoms with van der Waals surface area (Å²) in [6.07, 6.45) is 6.07. The molecule has 0 amide bonds. The minimum absolute atomic E-state index is 0.544. The van der Waals surface area contributed by atoms with E-state index in [0.717, 1.165) is 44.2 Å². The fourth-order valence-corrected chi connectivity index (χ4v) is 3.35. The molecule has 0 saturated carbocycles. The Morgan fingerprint density at radius 2 is 2.16 bits per heavy atom. The van der Waals surface area contributed by atoms with Crippen molar-refractivity contribution in [3.8, 4) is 5.75 Å². The zero-order valence-electron chi connectivity index (χ0n) is 15.3. The summed E-state index contributed by atoms with van der Waals surface area (Å²) in [7, 11) is 5.50. The number of aliphatic imine (C=N–C) groups is 1. The smallest absolute Gasteiger partial charge is 0.193 e. The molecule has 134 valence electrons. The van der Waals surface area contributed by atoms with Gasteiger partial charge in [0, 0.05) is 45.8 Å². The molecule has 6 nitrogen and oxygen atoms in total. The normalized spacial score (nSPS) is 17.8. The van der Waals surface area contributed by atoms with E-state index in [1.165, 1.54) is 11.1 Å². The van der Waals surface area contributed by atoms with E-state index < -0.39 is 0 Å². The van der Waals surface area contributed by atoms with Crippen LogP contribution in [-0.4, -0.2) is 54.4 Å². The van der Waals surface area contributed by atoms with E-state index in [2.05, 4.69) is 38.6 Å². The minimum Gasteiger partial charge on any atom is -0.497 e. The number of nitrogens with one attached hydrogen (secondary N) is 1. The highest BCUT2D eigenvalue weighted by molar-refractivity contribution is 5.80. The average Bonchev–Trinajstić information content (AvgIpc) is 3.28. The summed E-state index contributed by atoms with van der Waals surface area (Å²) in [5.41, 5.74) is 2.61. The fourth-order valence-electron chi connectivity index (χ4n) is 3.35. The Labute approximate surface area is 149 Å². The molecule has 1 atom stereocenters. The quantitative estimate of drug-likeness (QED) is 0.668. The van der Waals surface area contributed by atoms with Gasteiger partial charge in [-0.15, -0.1) is 0 Å². The summed E-state index contributed by atoms with van der Waals surface area (Å²) in [4.78, 5) is 6.80. The van der Waals surface area contributed by atoms with Crippen molar-refractivity contribution < 1.29 is 4.74 Å². The number of aryl methyl sites for hydroxylation is 1. The first-order valence-corrected chi connectivity index (χ1v) is 8.76. The van der Waals surface area contributed by atoms with E-state index in [4.69, 9.17) is 4.74 Å². The first kappa shape index (κ1) is 17.3. The van der Waals surface area contributed by atoms with Crippen molar-refractivity contribution in [2.24, 2.45) is 12.0 Å². The predicted octanol–water partition coefficient (Wildman–Crippen LogP) is 2.04. The van der Waals surface area contributed by atoms with Gasteiger partial charge in [0.1, 0.15) is 5.75 Å². The predicted molar refractivity (Wildman–Crippen MR) is 100 cm³/mol. The molecule has 6 heteroatoms. The van der Waals surface area contributed by atoms with Crippen molar-refractivity contribution >= 4 is 5.96 Å². The van der Waals surface area contributed by atoms with E-state index in [1.807, 2.05) is 37.1 Å². The maximum Gasteiger partial charge on any atom is 0.193 e. The van der Waals surface area contributed by atoms with Gasteiger partial charge in [0.05, 0.1) is 13.3 Å². The lowest BCUT2D eigenvalue weighted by molar-refractivity contribution is 0.414. The molecule has 1 saturated heterocycles. The summed E-state index contributed by atoms with van der Waals surface area (Å²) in [6, 6.07) is 8.43. The number of rotatable bonds is 5. The minimum atomic E-state index is 0.544. The third-order valence-electron chi connectivity index (χ3n) is 4.74. The van der Waals surface area contributed by atoms with Crippen LogP contribution in [0.4, 0.5) is 0 Å². The monoisotopic (exact) mass is 341 g/mol. The lowest BCUT2D eigenvalue weighted by Gasteiger charge is -2.21. The second kappa shape index (κ2) is 8.05. The zero-order valence-corrected chi connectivity index (χ0v) is 15.3. The molecule has 3 rings (SSSR count). The number of ether oxygens (including phenoxy) is 1. The van der Waals surface area contributed by atoms with Crippen LogP contribution in [0.5, 0.6) is 5.75 Å². The van der Waals surface area contributed by atoms with Gasteiger partial charge in [0.25, 0.3) is 0 Å². The largest absolute Gasteiger partial charge is 0.497 e. The molecule has 1 aromatic heterocycles. The molecule has 2 aromatic rings. The first-order chi connectivity index (χ1) is 12.2. The molecule has 25 heavy (non-hydrogen) atoms. The van der Waals surface area contributed by atoms with Gasteiger partial charge in [0.2, 0.25) is 0 Å². The molecule has 1 aliphatic rings. The van der Waals surface area contributed by atoms with Crippen LogP contribution in [0.3, 0.4) is 0 Å². The van der Waals surface area contributed by atoms with E-state index in [1.54, 1.807) is 7.11 Å². The number of hydrogen-bond acceptors (Lipinski definition) is 3. The Bertz CT molecular complexity index is 707. The molecule has 1 fully saturated rings. The molecule has 1 unspecified atom stereocenters. The second-order valence-corrected chi connectivity index (χ2v) is 6.45. The van der Waals surface area contributed by atoms with Crippen LogP contribution in [0.1, 0.15) is 23.5 Å². The number of aromatic nitrogens is 2. The van der Waals surface area contributed by atoms with E-state index in [0.29, 0.717) is 5.92 Å². The molecule has 0 aliphatic carbocycles. The highest BCUT2D eigenvalue weighted by Crippen LogP contribution is 2.28. The van der Waals surface area contributed by atoms with Gasteiger partial charge in [-0.05, 0) is 36.1 Å². The van der Waals surface area contributed by atoms with Gasteiger partial charge in [-0.25, -0.2) is 0 Å². The Hall–Kier alpha value is -2.50. The Morgan fingerprint density at radius 3 is 2.80 bits per heavy atom. The van der Waals surface area contributed by atoms with Gasteiger partial charge >= 0.3 is 0 Å². The van der Waals surface area contributed by atoms with Gasteiger partial charge in [-0.1, -0.05) is 12.1 Å². The van der Waals surface area contributed by atoms with E-state index >= 15 is 0 Å². The molecule has 1 aromatic carbocycles. The molecule has 0 radical (unpaired) electrons. The third kappa shape index (κ3) is 4.32. The summed E-state index contributed by atoms with van der Waals surface area (Å²) in [5.74, 6) is 2.44. The summed E-state index contributed by atoms with van der Waals surface area (Å²) in [5, 5.41) is 7.69. The molecule has 0 bridgehead atoms. The molecule has 1 aliphatic heterocycles. The Balaban J connectivity index is 1.52. The van der Waals surface area contributed by atoms with Crippen molar-refractivity contribution in [3.05, 3.63) is 47.8 Å². The SMILES string of the molecule is CN=C(NCCc1cnn(C)c1)N1CCC(c2ccc(OC)cc2)C1. The van der Waals surface area contributed by atoms with Gasteiger partial charge in [0.15, 0.2) is 5.96 Å². The summed E-state index contributed by atoms with van der Waals surface area (Å²) >= 11 is 0. The van der Waals surface area contributed by atoms with Gasteiger partial charge < -0.3 is 15.0 Å². The van der Waals surface area contributed by atoms with E-state index in [9.17, 15) is 0 Å². The third-order valence-corrected chi connectivity index (χ3v) is 4.74. The van der Waals surface area contributed by atoms with Crippen LogP contribution < -0.4 is 10.1 Å². The number of benzene rings is 1. The number of hydrogen-bond donors (Lipinski definition) is 1. The highest BCUT2D eigenvalue weighted by Gasteiger charge is 2.25. The van der Waals surface area contributed by atoms with Crippen molar-refractivity contribution in [2.45, 2.75) is 18.8 Å². The number of nitrogens with zero attached hydrogens (tertiary/aromatic N) is 4. The van der Waals surface area contributed by atoms with Gasteiger partial charge in [-0.2, -0.15) is 5.10 Å². The molecule has 0 spiro atoms. The summed E-state index contributed by atoms with van der Waals surface area (Å²) < 4.78 is 7.08. The highest BCUT2D eigenvalue weighted by atomic mass is 16.5. The number of methoxy groups -OCH3 is 1. The van der Waals surface area contributed by atoms with E-state index in [-0.39, 0.29) is 0 Å². The van der Waals surface area contributed by atoms with Crippen LogP contribution in [-0.2, 0) is 13.5 Å². The van der Waals surface area contributed by atoms with Gasteiger partial charge in [-0.3, -0.25) is 9.67 Å². The Kier molecular flexibility index (Phi) is 5.58. The van der Waals surface area contributed by atoms with Crippen LogP contribution >= 0.6 is 0 Å². The maximum absolute atomic E-state index is 5.25. The topological polar surface area (TPSA) is 54.7 Å². The van der Waals surface area contributed by atoms with Crippen LogP contribution in [0.15, 0.2) is 41.7 Å². The molecular formula is C19H27N5O. The second-order valence-electron chi connectivity index (χ2n) is 6.45. The average molecular weight is 341 g/mol. The van der Waals surface area contributed by atoms with Crippen molar-refractivity contribution in [3.63, 3.8) is 0 Å². The van der Waals surface area contributed by atoms with Crippen molar-refractivity contribution in [1.82, 2.24) is 20.0 Å². The Morgan fingerprint density at radius 1 is 1.36 bits per heavy atom. The molecular weight excluding hydrogens is 314 g/mol. The lowest BCUT2D eigenvalue weighted by atomic mass is 9.98. The lowest BCUT2D eigenvalue weighted by Crippen LogP contribution is -2.40. The standard InChI is InChI=1S/C19H27N5O/c1-20-19(21-10-8-15-12-22-23(2)13-15)24-11-9-17(14-24)16-4-6-18(25-3)7-5-16/h4-7,12-13,17H,8-11,14H2,1-3H3,(H,20,21). The van der Waals surface area contributed by atoms with Crippen LogP contribution in [0.25, 0.3) is 0 Å². The van der Waals surface area contributed by atoms with Crippen molar-refractivity contribution in [1.29, 1.82) is 0 Å². The molecule has 1 N–H and O–H groups in total. The van der Waals surface area contributed by atoms with Crippen LogP contribution in [0.2, 0.25) is 0 Å². The fraction of sp³-hybridized carbons (Fsp3) is 0.474. The number of likely N-dealkylation sites (tertiary alicyclic amines) is 1. The number of guanidine groups is 1. The summed E-state index contributed by atoms with van der Waals surface area (Å²) in [6.45, 7) is 2.89. The van der Waals surface area contributed by atoms with Crippen molar-refractivity contribution in [2.75, 3.05) is 33.8 Å².